The maximum absolute atomic E-state index is 10.7. The van der Waals surface area contributed by atoms with Gasteiger partial charge in [0, 0.05) is 13.1 Å². The van der Waals surface area contributed by atoms with E-state index in [0.29, 0.717) is 24.6 Å². The zero-order valence-electron chi connectivity index (χ0n) is 10.5. The van der Waals surface area contributed by atoms with Gasteiger partial charge in [-0.1, -0.05) is 11.3 Å². The highest BCUT2D eigenvalue weighted by atomic mass is 32.1. The van der Waals surface area contributed by atoms with E-state index in [1.54, 1.807) is 17.5 Å². The number of nitrogens with zero attached hydrogens (tertiary/aromatic N) is 3. The summed E-state index contributed by atoms with van der Waals surface area (Å²) in [5.74, 6) is 1.20. The van der Waals surface area contributed by atoms with E-state index in [-0.39, 0.29) is 6.61 Å². The molecule has 96 valence electrons. The first-order valence-electron chi connectivity index (χ1n) is 5.74. The Kier molecular flexibility index (Phi) is 3.88. The summed E-state index contributed by atoms with van der Waals surface area (Å²) in [5, 5.41) is 10.7. The van der Waals surface area contributed by atoms with Gasteiger partial charge in [0.05, 0.1) is 10.4 Å². The van der Waals surface area contributed by atoms with Crippen LogP contribution in [0.25, 0.3) is 0 Å². The number of rotatable bonds is 4. The van der Waals surface area contributed by atoms with Gasteiger partial charge in [-0.25, -0.2) is 9.97 Å². The minimum Gasteiger partial charge on any atom is -0.854 e. The van der Waals surface area contributed by atoms with E-state index in [1.165, 1.54) is 0 Å². The fraction of sp³-hybridized carbons (Fsp3) is 0.417. The van der Waals surface area contributed by atoms with Crippen LogP contribution in [0.3, 0.4) is 0 Å². The van der Waals surface area contributed by atoms with Gasteiger partial charge in [0.2, 0.25) is 5.51 Å². The molecule has 0 aromatic carbocycles. The molecule has 0 unspecified atom stereocenters. The van der Waals surface area contributed by atoms with Gasteiger partial charge in [-0.15, -0.1) is 6.61 Å². The lowest BCUT2D eigenvalue weighted by Gasteiger charge is -2.02. The molecule has 0 atom stereocenters. The first kappa shape index (κ1) is 12.9. The summed E-state index contributed by atoms with van der Waals surface area (Å²) < 4.78 is 2.08. The number of nitrogens with two attached hydrogens (primary N) is 1. The van der Waals surface area contributed by atoms with E-state index < -0.39 is 0 Å². The molecule has 2 rings (SSSR count). The van der Waals surface area contributed by atoms with Crippen molar-refractivity contribution in [2.45, 2.75) is 26.8 Å². The molecule has 5 nitrogen and oxygen atoms in total. The molecule has 2 aromatic heterocycles. The van der Waals surface area contributed by atoms with Crippen LogP contribution in [0.2, 0.25) is 0 Å². The first-order chi connectivity index (χ1) is 8.61. The molecule has 0 saturated heterocycles. The fourth-order valence-electron chi connectivity index (χ4n) is 1.76. The topological polar surface area (TPSA) is 78.7 Å². The Hall–Kier alpha value is -1.53. The third kappa shape index (κ3) is 2.65. The molecule has 2 heterocycles. The normalized spacial score (nSPS) is 10.8. The predicted octanol–water partition coefficient (Wildman–Crippen LogP) is -0.0243. The summed E-state index contributed by atoms with van der Waals surface area (Å²) in [6.07, 6.45) is 2.35. The molecule has 0 fully saturated rings. The van der Waals surface area contributed by atoms with Gasteiger partial charge in [0.1, 0.15) is 11.6 Å². The van der Waals surface area contributed by atoms with Crippen LogP contribution in [0, 0.1) is 13.8 Å². The summed E-state index contributed by atoms with van der Waals surface area (Å²) >= 11 is 1.61. The van der Waals surface area contributed by atoms with E-state index >= 15 is 0 Å². The summed E-state index contributed by atoms with van der Waals surface area (Å²) in [4.78, 5) is 9.44. The van der Waals surface area contributed by atoms with Gasteiger partial charge >= 0.3 is 0 Å². The van der Waals surface area contributed by atoms with Gasteiger partial charge in [0.25, 0.3) is 0 Å². The third-order valence-electron chi connectivity index (χ3n) is 2.84. The number of hydrogen-bond acceptors (Lipinski definition) is 5. The maximum atomic E-state index is 10.7. The second-order valence-electron chi connectivity index (χ2n) is 4.14. The minimum atomic E-state index is -0.0723. The summed E-state index contributed by atoms with van der Waals surface area (Å²) in [5.41, 5.74) is 9.91. The van der Waals surface area contributed by atoms with E-state index in [9.17, 15) is 5.11 Å². The van der Waals surface area contributed by atoms with E-state index in [0.717, 1.165) is 16.1 Å². The van der Waals surface area contributed by atoms with Crippen molar-refractivity contribution in [3.8, 4) is 0 Å². The van der Waals surface area contributed by atoms with Crippen molar-refractivity contribution in [3.05, 3.63) is 33.7 Å². The van der Waals surface area contributed by atoms with Crippen LogP contribution >= 0.6 is 11.3 Å². The van der Waals surface area contributed by atoms with Crippen LogP contribution in [0.15, 0.2) is 11.7 Å². The lowest BCUT2D eigenvalue weighted by molar-refractivity contribution is -0.689. The third-order valence-corrected chi connectivity index (χ3v) is 3.99. The Balaban J connectivity index is 2.23. The molecule has 0 aliphatic heterocycles. The average Bonchev–Trinajstić information content (AvgIpc) is 2.66. The average molecular weight is 264 g/mol. The Morgan fingerprint density at radius 3 is 2.89 bits per heavy atom. The van der Waals surface area contributed by atoms with Gasteiger partial charge in [0.15, 0.2) is 12.2 Å². The zero-order chi connectivity index (χ0) is 13.1. The molecular weight excluding hydrogens is 248 g/mol. The lowest BCUT2D eigenvalue weighted by Crippen LogP contribution is -2.35. The molecule has 0 radical (unpaired) electrons. The lowest BCUT2D eigenvalue weighted by atomic mass is 10.2. The molecular formula is C12H16N4OS. The highest BCUT2D eigenvalue weighted by Crippen LogP contribution is 2.13. The largest absolute Gasteiger partial charge is 0.854 e. The molecule has 0 spiro atoms. The quantitative estimate of drug-likeness (QED) is 0.787. The number of anilines is 1. The van der Waals surface area contributed by atoms with Crippen molar-refractivity contribution in [2.75, 3.05) is 12.3 Å². The minimum absolute atomic E-state index is 0.0723. The predicted molar refractivity (Wildman–Crippen MR) is 68.1 cm³/mol. The van der Waals surface area contributed by atoms with E-state index in [4.69, 9.17) is 5.73 Å². The van der Waals surface area contributed by atoms with Crippen molar-refractivity contribution in [3.63, 3.8) is 0 Å². The van der Waals surface area contributed by atoms with Crippen molar-refractivity contribution in [1.29, 1.82) is 0 Å². The molecule has 6 heteroatoms. The van der Waals surface area contributed by atoms with Crippen molar-refractivity contribution in [2.24, 2.45) is 0 Å². The van der Waals surface area contributed by atoms with Crippen molar-refractivity contribution >= 4 is 17.2 Å². The number of nitrogen functional groups attached to an aromatic ring is 1. The Morgan fingerprint density at radius 2 is 2.22 bits per heavy atom. The zero-order valence-corrected chi connectivity index (χ0v) is 11.3. The smallest absolute Gasteiger partial charge is 0.225 e. The molecule has 2 N–H and O–H groups in total. The SMILES string of the molecule is Cc1ncc(C[n+]2csc(CC[O-])c2C)c(N)n1. The fourth-order valence-corrected chi connectivity index (χ4v) is 2.73. The van der Waals surface area contributed by atoms with Gasteiger partial charge in [-0.3, -0.25) is 0 Å². The van der Waals surface area contributed by atoms with Crippen LogP contribution in [-0.4, -0.2) is 16.6 Å². The molecule has 0 bridgehead atoms. The van der Waals surface area contributed by atoms with Crippen LogP contribution in [-0.2, 0) is 13.0 Å². The monoisotopic (exact) mass is 264 g/mol. The van der Waals surface area contributed by atoms with Gasteiger partial charge in [-0.05, 0) is 13.3 Å². The second kappa shape index (κ2) is 5.41. The maximum Gasteiger partial charge on any atom is 0.225 e. The summed E-state index contributed by atoms with van der Waals surface area (Å²) in [6.45, 7) is 4.41. The van der Waals surface area contributed by atoms with E-state index in [1.807, 2.05) is 19.4 Å². The first-order valence-corrected chi connectivity index (χ1v) is 6.62. The van der Waals surface area contributed by atoms with Gasteiger partial charge in [-0.2, -0.15) is 4.57 Å². The molecule has 0 amide bonds. The standard InChI is InChI=1S/C12H16N4OS/c1-8-11(3-4-17)18-7-16(8)6-10-5-14-9(2)15-12(10)13/h5,7H,3-4,6H2,1-2H3,(H2,13,14,15). The highest BCUT2D eigenvalue weighted by molar-refractivity contribution is 7.09. The van der Waals surface area contributed by atoms with Crippen LogP contribution in [0.1, 0.15) is 22.0 Å². The number of hydrogen-bond donors (Lipinski definition) is 1. The Bertz CT molecular complexity index is 553. The molecule has 2 aromatic rings. The number of aryl methyl sites for hydroxylation is 1. The van der Waals surface area contributed by atoms with Gasteiger partial charge < -0.3 is 10.8 Å². The van der Waals surface area contributed by atoms with Crippen LogP contribution in [0.4, 0.5) is 5.82 Å². The molecule has 0 aliphatic carbocycles. The molecule has 18 heavy (non-hydrogen) atoms. The molecule has 0 saturated carbocycles. The van der Waals surface area contributed by atoms with Crippen LogP contribution < -0.4 is 15.4 Å². The summed E-state index contributed by atoms with van der Waals surface area (Å²) in [7, 11) is 0. The highest BCUT2D eigenvalue weighted by Gasteiger charge is 2.16. The number of thiazole rings is 1. The van der Waals surface area contributed by atoms with E-state index in [2.05, 4.69) is 14.5 Å². The van der Waals surface area contributed by atoms with Crippen molar-refractivity contribution < 1.29 is 9.67 Å². The van der Waals surface area contributed by atoms with Crippen LogP contribution in [0.5, 0.6) is 0 Å². The molecule has 0 aliphatic rings. The Morgan fingerprint density at radius 1 is 1.44 bits per heavy atom. The number of aromatic nitrogens is 3. The summed E-state index contributed by atoms with van der Waals surface area (Å²) in [6, 6.07) is 0. The van der Waals surface area contributed by atoms with Crippen molar-refractivity contribution in [1.82, 2.24) is 9.97 Å². The second-order valence-corrected chi connectivity index (χ2v) is 5.08. The Labute approximate surface area is 110 Å².